The summed E-state index contributed by atoms with van der Waals surface area (Å²) < 4.78 is 3.03. The fraction of sp³-hybridized carbons (Fsp3) is 0.368. The minimum absolute atomic E-state index is 0.00855. The Morgan fingerprint density at radius 1 is 1.25 bits per heavy atom. The first-order chi connectivity index (χ1) is 13.6. The van der Waals surface area contributed by atoms with Gasteiger partial charge in [-0.15, -0.1) is 0 Å². The van der Waals surface area contributed by atoms with E-state index in [0.29, 0.717) is 34.5 Å². The standard InChI is InChI=1S/C19H17N7O2/c20-8-7-16(13-3-1-2-4-13)24-12-15(11-22-24)19-14(9-21)10-23-25-17(19)5-6-18(25)26(27)28/h5-6,10-13,16H,1-4,7H2. The molecule has 1 fully saturated rings. The zero-order valence-corrected chi connectivity index (χ0v) is 15.0. The molecule has 0 N–H and O–H groups in total. The van der Waals surface area contributed by atoms with Gasteiger partial charge in [-0.05, 0) is 29.7 Å². The summed E-state index contributed by atoms with van der Waals surface area (Å²) in [5, 5.41) is 38.5. The lowest BCUT2D eigenvalue weighted by Crippen LogP contribution is -2.17. The molecule has 28 heavy (non-hydrogen) atoms. The topological polar surface area (TPSA) is 126 Å². The van der Waals surface area contributed by atoms with E-state index in [0.717, 1.165) is 25.7 Å². The van der Waals surface area contributed by atoms with Gasteiger partial charge in [-0.1, -0.05) is 22.5 Å². The molecule has 0 aliphatic heterocycles. The Kier molecular flexibility index (Phi) is 4.50. The summed E-state index contributed by atoms with van der Waals surface area (Å²) in [5.74, 6) is 0.246. The number of hydrogen-bond donors (Lipinski definition) is 0. The summed E-state index contributed by atoms with van der Waals surface area (Å²) in [6.07, 6.45) is 9.67. The summed E-state index contributed by atoms with van der Waals surface area (Å²) in [7, 11) is 0. The van der Waals surface area contributed by atoms with E-state index in [9.17, 15) is 20.6 Å². The number of nitrogens with zero attached hydrogens (tertiary/aromatic N) is 7. The third kappa shape index (κ3) is 2.87. The molecule has 9 nitrogen and oxygen atoms in total. The lowest BCUT2D eigenvalue weighted by atomic mass is 9.96. The van der Waals surface area contributed by atoms with Crippen LogP contribution in [0.2, 0.25) is 0 Å². The smallest absolute Gasteiger partial charge is 0.348 e. The van der Waals surface area contributed by atoms with Crippen LogP contribution in [0.3, 0.4) is 0 Å². The fourth-order valence-corrected chi connectivity index (χ4v) is 4.13. The number of nitro groups is 1. The minimum atomic E-state index is -0.512. The van der Waals surface area contributed by atoms with Gasteiger partial charge >= 0.3 is 5.82 Å². The van der Waals surface area contributed by atoms with Gasteiger partial charge in [0.15, 0.2) is 5.52 Å². The van der Waals surface area contributed by atoms with E-state index < -0.39 is 4.92 Å². The van der Waals surface area contributed by atoms with Crippen molar-refractivity contribution in [2.75, 3.05) is 0 Å². The van der Waals surface area contributed by atoms with Gasteiger partial charge in [-0.2, -0.15) is 15.6 Å². The van der Waals surface area contributed by atoms with Crippen molar-refractivity contribution in [3.63, 3.8) is 0 Å². The quantitative estimate of drug-likeness (QED) is 0.495. The Bertz CT molecular complexity index is 1130. The third-order valence-electron chi connectivity index (χ3n) is 5.45. The zero-order valence-electron chi connectivity index (χ0n) is 15.0. The molecule has 4 rings (SSSR count). The fourth-order valence-electron chi connectivity index (χ4n) is 4.13. The van der Waals surface area contributed by atoms with E-state index in [1.54, 1.807) is 12.3 Å². The van der Waals surface area contributed by atoms with Gasteiger partial charge in [-0.3, -0.25) is 4.68 Å². The average Bonchev–Trinajstić information content (AvgIpc) is 3.45. The van der Waals surface area contributed by atoms with Crippen molar-refractivity contribution in [1.82, 2.24) is 19.4 Å². The van der Waals surface area contributed by atoms with Crippen molar-refractivity contribution in [2.24, 2.45) is 5.92 Å². The largest absolute Gasteiger partial charge is 0.358 e. The second kappa shape index (κ2) is 7.12. The van der Waals surface area contributed by atoms with Crippen LogP contribution in [0.15, 0.2) is 30.7 Å². The van der Waals surface area contributed by atoms with E-state index in [4.69, 9.17) is 0 Å². The molecule has 3 aromatic heterocycles. The van der Waals surface area contributed by atoms with Gasteiger partial charge < -0.3 is 10.1 Å². The minimum Gasteiger partial charge on any atom is -0.358 e. The van der Waals surface area contributed by atoms with Gasteiger partial charge in [0.2, 0.25) is 0 Å². The highest BCUT2D eigenvalue weighted by molar-refractivity contribution is 5.85. The van der Waals surface area contributed by atoms with Crippen molar-refractivity contribution in [3.8, 4) is 23.3 Å². The van der Waals surface area contributed by atoms with Crippen LogP contribution in [0.5, 0.6) is 0 Å². The molecule has 9 heteroatoms. The highest BCUT2D eigenvalue weighted by atomic mass is 16.6. The Labute approximate surface area is 160 Å². The van der Waals surface area contributed by atoms with Crippen molar-refractivity contribution in [3.05, 3.63) is 46.4 Å². The van der Waals surface area contributed by atoms with E-state index >= 15 is 0 Å². The summed E-state index contributed by atoms with van der Waals surface area (Å²) in [6, 6.07) is 7.31. The van der Waals surface area contributed by atoms with Crippen LogP contribution in [0, 0.1) is 38.7 Å². The molecular weight excluding hydrogens is 358 g/mol. The van der Waals surface area contributed by atoms with Crippen molar-refractivity contribution in [1.29, 1.82) is 10.5 Å². The molecule has 1 unspecified atom stereocenters. The Morgan fingerprint density at radius 3 is 2.71 bits per heavy atom. The molecule has 1 saturated carbocycles. The molecule has 0 spiro atoms. The van der Waals surface area contributed by atoms with Gasteiger partial charge in [0.05, 0.1) is 42.1 Å². The second-order valence-corrected chi connectivity index (χ2v) is 6.97. The van der Waals surface area contributed by atoms with Gasteiger partial charge in [0.1, 0.15) is 6.07 Å². The lowest BCUT2D eigenvalue weighted by molar-refractivity contribution is -0.390. The first kappa shape index (κ1) is 17.7. The summed E-state index contributed by atoms with van der Waals surface area (Å²) in [4.78, 5) is 10.7. The van der Waals surface area contributed by atoms with E-state index in [2.05, 4.69) is 22.3 Å². The number of rotatable bonds is 5. The van der Waals surface area contributed by atoms with Crippen LogP contribution in [-0.4, -0.2) is 24.3 Å². The first-order valence-electron chi connectivity index (χ1n) is 9.10. The molecule has 0 bridgehead atoms. The van der Waals surface area contributed by atoms with Gasteiger partial charge in [0, 0.05) is 17.8 Å². The monoisotopic (exact) mass is 375 g/mol. The molecule has 1 atom stereocenters. The predicted molar refractivity (Wildman–Crippen MR) is 99.0 cm³/mol. The van der Waals surface area contributed by atoms with Crippen LogP contribution in [0.25, 0.3) is 16.6 Å². The number of nitriles is 2. The second-order valence-electron chi connectivity index (χ2n) is 6.97. The maximum atomic E-state index is 11.2. The molecule has 0 aromatic carbocycles. The summed E-state index contributed by atoms with van der Waals surface area (Å²) >= 11 is 0. The lowest BCUT2D eigenvalue weighted by Gasteiger charge is -2.21. The van der Waals surface area contributed by atoms with E-state index in [-0.39, 0.29) is 11.9 Å². The summed E-state index contributed by atoms with van der Waals surface area (Å²) in [5.41, 5.74) is 2.03. The van der Waals surface area contributed by atoms with Crippen molar-refractivity contribution >= 4 is 11.3 Å². The van der Waals surface area contributed by atoms with Crippen LogP contribution in [0.4, 0.5) is 5.82 Å². The molecule has 1 aliphatic rings. The molecule has 0 amide bonds. The molecule has 0 radical (unpaired) electrons. The van der Waals surface area contributed by atoms with Crippen LogP contribution in [-0.2, 0) is 0 Å². The number of aromatic nitrogens is 4. The average molecular weight is 375 g/mol. The normalized spacial score (nSPS) is 15.4. The van der Waals surface area contributed by atoms with Crippen molar-refractivity contribution in [2.45, 2.75) is 38.1 Å². The van der Waals surface area contributed by atoms with E-state index in [1.807, 2.05) is 10.9 Å². The maximum Gasteiger partial charge on any atom is 0.348 e. The Balaban J connectivity index is 1.82. The number of hydrogen-bond acceptors (Lipinski definition) is 6. The Morgan fingerprint density at radius 2 is 2.04 bits per heavy atom. The highest BCUT2D eigenvalue weighted by Gasteiger charge is 2.28. The molecule has 1 aliphatic carbocycles. The first-order valence-corrected chi connectivity index (χ1v) is 9.10. The molecule has 3 aromatic rings. The highest BCUT2D eigenvalue weighted by Crippen LogP contribution is 2.37. The van der Waals surface area contributed by atoms with Gasteiger partial charge in [0.25, 0.3) is 0 Å². The molecule has 3 heterocycles. The molecular formula is C19H17N7O2. The van der Waals surface area contributed by atoms with Crippen molar-refractivity contribution < 1.29 is 4.92 Å². The maximum absolute atomic E-state index is 11.2. The zero-order chi connectivity index (χ0) is 19.7. The van der Waals surface area contributed by atoms with Crippen LogP contribution < -0.4 is 0 Å². The third-order valence-corrected chi connectivity index (χ3v) is 5.45. The number of fused-ring (bicyclic) bond motifs is 1. The molecule has 0 saturated heterocycles. The Hall–Kier alpha value is -3.72. The van der Waals surface area contributed by atoms with Gasteiger partial charge in [-0.25, -0.2) is 0 Å². The SMILES string of the molecule is N#CCC(C1CCCC1)n1cc(-c2c(C#N)cnn3c([N+](=O)[O-])ccc23)cn1. The van der Waals surface area contributed by atoms with E-state index in [1.165, 1.54) is 16.8 Å². The predicted octanol–water partition coefficient (Wildman–Crippen LogP) is 3.62. The van der Waals surface area contributed by atoms with Crippen LogP contribution >= 0.6 is 0 Å². The van der Waals surface area contributed by atoms with Crippen LogP contribution in [0.1, 0.15) is 43.7 Å². The molecule has 140 valence electrons. The summed E-state index contributed by atoms with van der Waals surface area (Å²) in [6.45, 7) is 0.